The summed E-state index contributed by atoms with van der Waals surface area (Å²) in [5.41, 5.74) is 3.10. The van der Waals surface area contributed by atoms with Gasteiger partial charge in [-0.1, -0.05) is 64.0 Å². The SMILES string of the molecule is CCCCCCCCCC/C=C\COCCC=C=CCCCl. The van der Waals surface area contributed by atoms with Crippen LogP contribution in [0.25, 0.3) is 0 Å². The van der Waals surface area contributed by atoms with Gasteiger partial charge in [0.1, 0.15) is 0 Å². The Labute approximate surface area is 143 Å². The van der Waals surface area contributed by atoms with Gasteiger partial charge in [0, 0.05) is 5.88 Å². The third kappa shape index (κ3) is 19.5. The van der Waals surface area contributed by atoms with Crippen molar-refractivity contribution in [1.29, 1.82) is 0 Å². The molecule has 0 bridgehead atoms. The maximum absolute atomic E-state index is 5.56. The molecule has 0 aromatic heterocycles. The quantitative estimate of drug-likeness (QED) is 0.131. The van der Waals surface area contributed by atoms with Gasteiger partial charge in [-0.3, -0.25) is 0 Å². The Morgan fingerprint density at radius 2 is 1.50 bits per heavy atom. The molecule has 0 saturated heterocycles. The highest BCUT2D eigenvalue weighted by Gasteiger charge is 1.90. The van der Waals surface area contributed by atoms with Crippen molar-refractivity contribution in [2.45, 2.75) is 77.6 Å². The molecule has 0 aliphatic rings. The zero-order chi connectivity index (χ0) is 16.1. The van der Waals surface area contributed by atoms with E-state index in [0.29, 0.717) is 5.88 Å². The van der Waals surface area contributed by atoms with Gasteiger partial charge >= 0.3 is 0 Å². The normalized spacial score (nSPS) is 10.8. The summed E-state index contributed by atoms with van der Waals surface area (Å²) in [6.07, 6.45) is 22.5. The molecule has 0 aliphatic heterocycles. The Morgan fingerprint density at radius 3 is 2.23 bits per heavy atom. The second kappa shape index (κ2) is 20.5. The first-order valence-electron chi connectivity index (χ1n) is 9.10. The molecule has 0 heterocycles. The van der Waals surface area contributed by atoms with Gasteiger partial charge in [0.2, 0.25) is 0 Å². The van der Waals surface area contributed by atoms with Crippen LogP contribution in [-0.2, 0) is 4.74 Å². The highest BCUT2D eigenvalue weighted by atomic mass is 35.5. The highest BCUT2D eigenvalue weighted by molar-refractivity contribution is 6.17. The molecule has 0 aliphatic carbocycles. The third-order valence-corrected chi connectivity index (χ3v) is 3.72. The molecular formula is C20H35ClO. The number of allylic oxidation sites excluding steroid dienone is 1. The van der Waals surface area contributed by atoms with Crippen LogP contribution in [0.3, 0.4) is 0 Å². The van der Waals surface area contributed by atoms with E-state index >= 15 is 0 Å². The monoisotopic (exact) mass is 326 g/mol. The van der Waals surface area contributed by atoms with E-state index in [1.54, 1.807) is 0 Å². The average Bonchev–Trinajstić information content (AvgIpc) is 2.54. The van der Waals surface area contributed by atoms with Crippen molar-refractivity contribution in [1.82, 2.24) is 0 Å². The van der Waals surface area contributed by atoms with Crippen LogP contribution in [0, 0.1) is 0 Å². The summed E-state index contributed by atoms with van der Waals surface area (Å²) in [6, 6.07) is 0. The van der Waals surface area contributed by atoms with Crippen LogP contribution in [0.4, 0.5) is 0 Å². The zero-order valence-corrected chi connectivity index (χ0v) is 15.3. The van der Waals surface area contributed by atoms with E-state index in [2.05, 4.69) is 24.8 Å². The number of halogens is 1. The van der Waals surface area contributed by atoms with E-state index in [4.69, 9.17) is 16.3 Å². The van der Waals surface area contributed by atoms with Crippen LogP contribution in [0.2, 0.25) is 0 Å². The lowest BCUT2D eigenvalue weighted by molar-refractivity contribution is 0.167. The first kappa shape index (κ1) is 21.5. The molecule has 22 heavy (non-hydrogen) atoms. The van der Waals surface area contributed by atoms with Gasteiger partial charge in [-0.2, -0.15) is 0 Å². The van der Waals surface area contributed by atoms with Crippen molar-refractivity contribution < 1.29 is 4.74 Å². The molecule has 0 saturated carbocycles. The fourth-order valence-corrected chi connectivity index (χ4v) is 2.29. The smallest absolute Gasteiger partial charge is 0.0647 e. The average molecular weight is 327 g/mol. The van der Waals surface area contributed by atoms with E-state index in [-0.39, 0.29) is 0 Å². The third-order valence-electron chi connectivity index (χ3n) is 3.50. The van der Waals surface area contributed by atoms with Crippen LogP contribution in [-0.4, -0.2) is 19.1 Å². The Bertz CT molecular complexity index is 290. The minimum absolute atomic E-state index is 0.668. The van der Waals surface area contributed by atoms with Crippen molar-refractivity contribution in [2.75, 3.05) is 19.1 Å². The molecule has 128 valence electrons. The van der Waals surface area contributed by atoms with Crippen LogP contribution < -0.4 is 0 Å². The summed E-state index contributed by atoms with van der Waals surface area (Å²) in [4.78, 5) is 0. The number of hydrogen-bond acceptors (Lipinski definition) is 1. The summed E-state index contributed by atoms with van der Waals surface area (Å²) >= 11 is 5.56. The van der Waals surface area contributed by atoms with Gasteiger partial charge < -0.3 is 4.74 Å². The molecule has 0 aromatic carbocycles. The second-order valence-electron chi connectivity index (χ2n) is 5.65. The largest absolute Gasteiger partial charge is 0.377 e. The Morgan fingerprint density at radius 1 is 0.818 bits per heavy atom. The van der Waals surface area contributed by atoms with Crippen molar-refractivity contribution >= 4 is 11.6 Å². The van der Waals surface area contributed by atoms with E-state index in [9.17, 15) is 0 Å². The summed E-state index contributed by atoms with van der Waals surface area (Å²) in [5.74, 6) is 0.668. The van der Waals surface area contributed by atoms with Crippen molar-refractivity contribution in [3.63, 3.8) is 0 Å². The first-order valence-corrected chi connectivity index (χ1v) is 9.63. The zero-order valence-electron chi connectivity index (χ0n) is 14.5. The van der Waals surface area contributed by atoms with Crippen molar-refractivity contribution in [3.8, 4) is 0 Å². The van der Waals surface area contributed by atoms with Gasteiger partial charge in [0.15, 0.2) is 0 Å². The number of ether oxygens (including phenoxy) is 1. The van der Waals surface area contributed by atoms with Gasteiger partial charge in [-0.05, 0) is 37.8 Å². The molecule has 0 radical (unpaired) electrons. The summed E-state index contributed by atoms with van der Waals surface area (Å²) in [7, 11) is 0. The molecular weight excluding hydrogens is 292 g/mol. The number of hydrogen-bond donors (Lipinski definition) is 0. The molecule has 0 amide bonds. The van der Waals surface area contributed by atoms with Gasteiger partial charge in [0.05, 0.1) is 13.2 Å². The topological polar surface area (TPSA) is 9.23 Å². The molecule has 0 rings (SSSR count). The van der Waals surface area contributed by atoms with Gasteiger partial charge in [0.25, 0.3) is 0 Å². The maximum Gasteiger partial charge on any atom is 0.0647 e. The van der Waals surface area contributed by atoms with Crippen molar-refractivity contribution in [2.24, 2.45) is 0 Å². The predicted octanol–water partition coefficient (Wildman–Crippen LogP) is 6.82. The van der Waals surface area contributed by atoms with Gasteiger partial charge in [-0.15, -0.1) is 17.3 Å². The molecule has 0 aromatic rings. The Hall–Kier alpha value is -0.490. The van der Waals surface area contributed by atoms with Crippen LogP contribution in [0.5, 0.6) is 0 Å². The van der Waals surface area contributed by atoms with E-state index < -0.39 is 0 Å². The van der Waals surface area contributed by atoms with Gasteiger partial charge in [-0.25, -0.2) is 0 Å². The van der Waals surface area contributed by atoms with Crippen LogP contribution in [0.15, 0.2) is 30.0 Å². The molecule has 2 heteroatoms. The standard InChI is InChI=1S/C20H35ClO/c1-2-3-4-5-6-7-8-9-10-13-16-19-22-20-17-14-11-12-15-18-21/h12-14,16H,2-10,15,17-20H2,1H3/b16-13-. The summed E-state index contributed by atoms with van der Waals surface area (Å²) in [5, 5.41) is 0. The maximum atomic E-state index is 5.56. The minimum atomic E-state index is 0.668. The first-order chi connectivity index (χ1) is 10.9. The second-order valence-corrected chi connectivity index (χ2v) is 6.03. The van der Waals surface area contributed by atoms with Crippen LogP contribution >= 0.6 is 11.6 Å². The Kier molecular flexibility index (Phi) is 20.1. The predicted molar refractivity (Wildman–Crippen MR) is 99.8 cm³/mol. The summed E-state index contributed by atoms with van der Waals surface area (Å²) in [6.45, 7) is 3.77. The lowest BCUT2D eigenvalue weighted by Gasteiger charge is -2.00. The van der Waals surface area contributed by atoms with E-state index in [1.807, 2.05) is 12.2 Å². The minimum Gasteiger partial charge on any atom is -0.377 e. The lowest BCUT2D eigenvalue weighted by atomic mass is 10.1. The molecule has 0 spiro atoms. The highest BCUT2D eigenvalue weighted by Crippen LogP contribution is 2.09. The molecule has 0 unspecified atom stereocenters. The molecule has 0 fully saturated rings. The van der Waals surface area contributed by atoms with E-state index in [1.165, 1.54) is 57.8 Å². The number of rotatable bonds is 16. The fraction of sp³-hybridized carbons (Fsp3) is 0.750. The lowest BCUT2D eigenvalue weighted by Crippen LogP contribution is -1.92. The molecule has 0 N–H and O–H groups in total. The van der Waals surface area contributed by atoms with Crippen molar-refractivity contribution in [3.05, 3.63) is 30.0 Å². The number of unbranched alkanes of at least 4 members (excludes halogenated alkanes) is 8. The summed E-state index contributed by atoms with van der Waals surface area (Å²) < 4.78 is 5.52. The molecule has 0 atom stereocenters. The molecule has 1 nitrogen and oxygen atoms in total. The van der Waals surface area contributed by atoms with E-state index in [0.717, 1.165) is 26.1 Å². The Balaban J connectivity index is 3.16. The van der Waals surface area contributed by atoms with Crippen LogP contribution in [0.1, 0.15) is 77.6 Å². The number of alkyl halides is 1. The fourth-order valence-electron chi connectivity index (χ4n) is 2.18.